The van der Waals surface area contributed by atoms with Crippen molar-refractivity contribution < 1.29 is 17.9 Å². The van der Waals surface area contributed by atoms with E-state index in [4.69, 9.17) is 4.74 Å². The number of H-pyrrole nitrogens is 1. The fraction of sp³-hybridized carbons (Fsp3) is 0.533. The van der Waals surface area contributed by atoms with Crippen LogP contribution in [0.4, 0.5) is 19.0 Å². The van der Waals surface area contributed by atoms with Crippen molar-refractivity contribution in [2.75, 3.05) is 24.6 Å². The van der Waals surface area contributed by atoms with Gasteiger partial charge in [-0.1, -0.05) is 0 Å². The van der Waals surface area contributed by atoms with Crippen LogP contribution in [-0.2, 0) is 6.18 Å². The average Bonchev–Trinajstić information content (AvgIpc) is 3.06. The molecule has 0 spiro atoms. The Hall–Kier alpha value is -2.32. The molecule has 3 heterocycles. The molecule has 0 aromatic carbocycles. The molecule has 1 aliphatic heterocycles. The molecule has 1 fully saturated rings. The number of anilines is 1. The van der Waals surface area contributed by atoms with Crippen LogP contribution in [0.5, 0.6) is 5.88 Å². The fourth-order valence-corrected chi connectivity index (χ4v) is 2.78. The zero-order valence-electron chi connectivity index (χ0n) is 13.2. The first kappa shape index (κ1) is 16.5. The fourth-order valence-electron chi connectivity index (χ4n) is 2.78. The summed E-state index contributed by atoms with van der Waals surface area (Å²) in [6, 6.07) is 3.60. The van der Waals surface area contributed by atoms with Crippen molar-refractivity contribution in [2.24, 2.45) is 0 Å². The molecule has 24 heavy (non-hydrogen) atoms. The van der Waals surface area contributed by atoms with Gasteiger partial charge in [-0.3, -0.25) is 0 Å². The van der Waals surface area contributed by atoms with Crippen LogP contribution < -0.4 is 9.64 Å². The van der Waals surface area contributed by atoms with Crippen molar-refractivity contribution in [2.45, 2.75) is 31.9 Å². The number of imidazole rings is 1. The van der Waals surface area contributed by atoms with E-state index in [1.807, 2.05) is 13.0 Å². The van der Waals surface area contributed by atoms with Crippen molar-refractivity contribution >= 4 is 5.82 Å². The van der Waals surface area contributed by atoms with Gasteiger partial charge in [-0.05, 0) is 25.8 Å². The molecular formula is C15H18F3N5O. The van der Waals surface area contributed by atoms with E-state index in [1.54, 1.807) is 6.07 Å². The largest absolute Gasteiger partial charge is 0.477 e. The zero-order chi connectivity index (χ0) is 17.2. The Morgan fingerprint density at radius 3 is 2.54 bits per heavy atom. The highest BCUT2D eigenvalue weighted by atomic mass is 19.4. The number of nitrogens with zero attached hydrogens (tertiary/aromatic N) is 4. The second-order valence-corrected chi connectivity index (χ2v) is 5.60. The van der Waals surface area contributed by atoms with Gasteiger partial charge in [0.05, 0.1) is 12.8 Å². The molecule has 0 aliphatic carbocycles. The molecule has 6 nitrogen and oxygen atoms in total. The predicted molar refractivity (Wildman–Crippen MR) is 81.0 cm³/mol. The summed E-state index contributed by atoms with van der Waals surface area (Å²) in [6.45, 7) is 3.78. The third-order valence-corrected chi connectivity index (χ3v) is 4.02. The van der Waals surface area contributed by atoms with Crippen LogP contribution >= 0.6 is 0 Å². The number of ether oxygens (including phenoxy) is 1. The molecular weight excluding hydrogens is 323 g/mol. The maximum atomic E-state index is 12.6. The van der Waals surface area contributed by atoms with Crippen molar-refractivity contribution in [1.82, 2.24) is 20.2 Å². The van der Waals surface area contributed by atoms with E-state index < -0.39 is 11.9 Å². The summed E-state index contributed by atoms with van der Waals surface area (Å²) in [7, 11) is 0. The van der Waals surface area contributed by atoms with Gasteiger partial charge in [0, 0.05) is 25.1 Å². The van der Waals surface area contributed by atoms with Crippen molar-refractivity contribution in [3.05, 3.63) is 29.8 Å². The number of aromatic amines is 1. The molecule has 0 amide bonds. The molecule has 0 atom stereocenters. The van der Waals surface area contributed by atoms with Gasteiger partial charge in [0.15, 0.2) is 5.82 Å². The van der Waals surface area contributed by atoms with Gasteiger partial charge in [-0.2, -0.15) is 13.2 Å². The maximum absolute atomic E-state index is 12.6. The molecule has 2 aromatic heterocycles. The molecule has 3 rings (SSSR count). The second kappa shape index (κ2) is 6.66. The summed E-state index contributed by atoms with van der Waals surface area (Å²) in [5.41, 5.74) is -0.794. The molecule has 0 saturated carbocycles. The first-order valence-corrected chi connectivity index (χ1v) is 7.81. The number of hydrogen-bond acceptors (Lipinski definition) is 5. The van der Waals surface area contributed by atoms with Gasteiger partial charge in [0.2, 0.25) is 5.88 Å². The summed E-state index contributed by atoms with van der Waals surface area (Å²) < 4.78 is 43.2. The predicted octanol–water partition coefficient (Wildman–Crippen LogP) is 3.00. The zero-order valence-corrected chi connectivity index (χ0v) is 13.2. The molecule has 0 unspecified atom stereocenters. The Labute approximate surface area is 137 Å². The Morgan fingerprint density at radius 2 is 2.00 bits per heavy atom. The number of rotatable bonds is 4. The average molecular weight is 341 g/mol. The van der Waals surface area contributed by atoms with E-state index in [0.717, 1.165) is 12.0 Å². The van der Waals surface area contributed by atoms with Gasteiger partial charge in [0.25, 0.3) is 0 Å². The Bertz CT molecular complexity index is 662. The number of nitrogens with one attached hydrogen (secondary N) is 1. The first-order chi connectivity index (χ1) is 11.5. The monoisotopic (exact) mass is 341 g/mol. The first-order valence-electron chi connectivity index (χ1n) is 7.81. The second-order valence-electron chi connectivity index (χ2n) is 5.60. The molecule has 0 radical (unpaired) electrons. The van der Waals surface area contributed by atoms with Gasteiger partial charge in [-0.15, -0.1) is 10.2 Å². The normalized spacial score (nSPS) is 16.4. The Morgan fingerprint density at radius 1 is 1.25 bits per heavy atom. The van der Waals surface area contributed by atoms with E-state index in [0.29, 0.717) is 44.2 Å². The number of halogens is 3. The minimum absolute atomic E-state index is 0.00647. The third kappa shape index (κ3) is 3.60. The number of piperidine rings is 1. The Kier molecular flexibility index (Phi) is 4.59. The van der Waals surface area contributed by atoms with Crippen LogP contribution in [0.3, 0.4) is 0 Å². The van der Waals surface area contributed by atoms with Crippen LogP contribution in [0.15, 0.2) is 18.3 Å². The van der Waals surface area contributed by atoms with E-state index in [1.165, 1.54) is 0 Å². The lowest BCUT2D eigenvalue weighted by Crippen LogP contribution is -2.33. The quantitative estimate of drug-likeness (QED) is 0.926. The highest BCUT2D eigenvalue weighted by Crippen LogP contribution is 2.32. The number of aromatic nitrogens is 4. The molecule has 130 valence electrons. The highest BCUT2D eigenvalue weighted by Gasteiger charge is 2.34. The van der Waals surface area contributed by atoms with Crippen LogP contribution in [-0.4, -0.2) is 39.9 Å². The molecule has 0 bridgehead atoms. The standard InChI is InChI=1S/C15H18F3N5O/c1-2-24-13-4-3-12(21-22-13)23-7-5-10(6-8-23)14-19-9-11(20-14)15(16,17)18/h3-4,9-10H,2,5-8H2,1H3,(H,19,20). The molecule has 1 saturated heterocycles. The lowest BCUT2D eigenvalue weighted by atomic mass is 9.96. The van der Waals surface area contributed by atoms with Crippen LogP contribution in [0.25, 0.3) is 0 Å². The van der Waals surface area contributed by atoms with Crippen LogP contribution in [0.1, 0.15) is 37.2 Å². The van der Waals surface area contributed by atoms with Gasteiger partial charge >= 0.3 is 6.18 Å². The van der Waals surface area contributed by atoms with Crippen LogP contribution in [0.2, 0.25) is 0 Å². The summed E-state index contributed by atoms with van der Waals surface area (Å²) in [5, 5.41) is 8.13. The van der Waals surface area contributed by atoms with Gasteiger partial charge < -0.3 is 14.6 Å². The lowest BCUT2D eigenvalue weighted by Gasteiger charge is -2.31. The number of alkyl halides is 3. The summed E-state index contributed by atoms with van der Waals surface area (Å²) >= 11 is 0. The number of hydrogen-bond donors (Lipinski definition) is 1. The Balaban J connectivity index is 1.60. The van der Waals surface area contributed by atoms with E-state index in [2.05, 4.69) is 25.1 Å². The van der Waals surface area contributed by atoms with Crippen molar-refractivity contribution in [3.8, 4) is 5.88 Å². The summed E-state index contributed by atoms with van der Waals surface area (Å²) in [5.74, 6) is 1.62. The van der Waals surface area contributed by atoms with Gasteiger partial charge in [-0.25, -0.2) is 4.98 Å². The van der Waals surface area contributed by atoms with Crippen molar-refractivity contribution in [1.29, 1.82) is 0 Å². The topological polar surface area (TPSA) is 66.9 Å². The van der Waals surface area contributed by atoms with Crippen LogP contribution in [0, 0.1) is 0 Å². The summed E-state index contributed by atoms with van der Waals surface area (Å²) in [6.07, 6.45) is -2.11. The summed E-state index contributed by atoms with van der Waals surface area (Å²) in [4.78, 5) is 8.36. The maximum Gasteiger partial charge on any atom is 0.432 e. The van der Waals surface area contributed by atoms with Crippen molar-refractivity contribution in [3.63, 3.8) is 0 Å². The molecule has 2 aromatic rings. The minimum atomic E-state index is -4.39. The van der Waals surface area contributed by atoms with Gasteiger partial charge in [0.1, 0.15) is 11.5 Å². The minimum Gasteiger partial charge on any atom is -0.477 e. The van der Waals surface area contributed by atoms with E-state index in [-0.39, 0.29) is 5.92 Å². The molecule has 1 aliphatic rings. The smallest absolute Gasteiger partial charge is 0.432 e. The van der Waals surface area contributed by atoms with E-state index in [9.17, 15) is 13.2 Å². The van der Waals surface area contributed by atoms with E-state index >= 15 is 0 Å². The molecule has 1 N–H and O–H groups in total. The third-order valence-electron chi connectivity index (χ3n) is 4.02. The molecule has 9 heteroatoms. The lowest BCUT2D eigenvalue weighted by molar-refractivity contribution is -0.141. The highest BCUT2D eigenvalue weighted by molar-refractivity contribution is 5.39. The SMILES string of the molecule is CCOc1ccc(N2CCC(c3ncc(C(F)(F)F)[nH]3)CC2)nn1.